The van der Waals surface area contributed by atoms with Gasteiger partial charge in [-0.05, 0) is 86.5 Å². The van der Waals surface area contributed by atoms with Crippen molar-refractivity contribution in [2.75, 3.05) is 33.0 Å². The van der Waals surface area contributed by atoms with E-state index < -0.39 is 214 Å². The maximum Gasteiger partial charge on any atom is 0.314 e. The molecule has 9 fully saturated rings. The molecular formula is C50H80O28. The van der Waals surface area contributed by atoms with Crippen LogP contribution in [0.5, 0.6) is 0 Å². The molecule has 4 aliphatic carbocycles. The van der Waals surface area contributed by atoms with Crippen molar-refractivity contribution in [3.8, 4) is 0 Å². The van der Waals surface area contributed by atoms with Crippen LogP contribution in [0.3, 0.4) is 0 Å². The predicted molar refractivity (Wildman–Crippen MR) is 252 cm³/mol. The fourth-order valence-corrected chi connectivity index (χ4v) is 15.0. The lowest BCUT2D eigenvalue weighted by Gasteiger charge is -2.64. The molecule has 31 atom stereocenters. The average Bonchev–Trinajstić information content (AvgIpc) is 3.69. The number of rotatable bonds is 15. The summed E-state index contributed by atoms with van der Waals surface area (Å²) in [7, 11) is 0. The molecule has 5 heterocycles. The number of fused-ring (bicyclic) bond motifs is 3. The highest BCUT2D eigenvalue weighted by Crippen LogP contribution is 2.74. The van der Waals surface area contributed by atoms with Gasteiger partial charge in [-0.2, -0.15) is 0 Å². The van der Waals surface area contributed by atoms with Crippen LogP contribution >= 0.6 is 0 Å². The normalized spacial score (nSPS) is 54.5. The Bertz CT molecular complexity index is 2070. The van der Waals surface area contributed by atoms with Gasteiger partial charge in [-0.3, -0.25) is 4.79 Å². The van der Waals surface area contributed by atoms with Crippen molar-refractivity contribution < 1.29 is 139 Å². The summed E-state index contributed by atoms with van der Waals surface area (Å²) in [6.45, 7) is 4.32. The summed E-state index contributed by atoms with van der Waals surface area (Å²) in [5, 5.41) is 181. The summed E-state index contributed by atoms with van der Waals surface area (Å²) in [5.41, 5.74) is -2.81. The Hall–Kier alpha value is -1.83. The first-order chi connectivity index (χ1) is 36.9. The lowest BCUT2D eigenvalue weighted by Crippen LogP contribution is -2.68. The zero-order valence-electron chi connectivity index (χ0n) is 43.3. The molecule has 28 heteroatoms. The lowest BCUT2D eigenvalue weighted by molar-refractivity contribution is -0.400. The van der Waals surface area contributed by atoms with Gasteiger partial charge in [0.2, 0.25) is 6.29 Å². The Morgan fingerprint density at radius 3 is 1.41 bits per heavy atom. The molecule has 1 unspecified atom stereocenters. The molecule has 5 saturated heterocycles. The number of aliphatic hydroxyl groups excluding tert-OH is 17. The van der Waals surface area contributed by atoms with Crippen LogP contribution in [0.4, 0.5) is 0 Å². The summed E-state index contributed by atoms with van der Waals surface area (Å²) in [6, 6.07) is 0. The number of hydrogen-bond donors (Lipinski definition) is 17. The first-order valence-corrected chi connectivity index (χ1v) is 26.9. The third-order valence-electron chi connectivity index (χ3n) is 19.2. The molecule has 1 spiro atoms. The van der Waals surface area contributed by atoms with Gasteiger partial charge in [0.05, 0.1) is 44.1 Å². The number of hydrogen-bond acceptors (Lipinski definition) is 28. The van der Waals surface area contributed by atoms with E-state index in [1.807, 2.05) is 0 Å². The van der Waals surface area contributed by atoms with Crippen molar-refractivity contribution in [1.29, 1.82) is 0 Å². The molecule has 9 aliphatic rings. The van der Waals surface area contributed by atoms with Crippen LogP contribution in [0.15, 0.2) is 12.2 Å². The van der Waals surface area contributed by atoms with E-state index in [0.717, 1.165) is 0 Å². The second-order valence-electron chi connectivity index (χ2n) is 23.6. The van der Waals surface area contributed by atoms with Gasteiger partial charge in [0, 0.05) is 0 Å². The molecule has 17 N–H and O–H groups in total. The maximum absolute atomic E-state index is 14.9. The lowest BCUT2D eigenvalue weighted by atomic mass is 9.41. The van der Waals surface area contributed by atoms with Crippen molar-refractivity contribution in [3.05, 3.63) is 12.2 Å². The highest BCUT2D eigenvalue weighted by molar-refractivity contribution is 5.77. The Morgan fingerprint density at radius 1 is 0.487 bits per heavy atom. The third-order valence-corrected chi connectivity index (χ3v) is 19.2. The molecular weight excluding hydrogens is 1050 g/mol. The molecule has 2 bridgehead atoms. The van der Waals surface area contributed by atoms with Crippen LogP contribution in [0.25, 0.3) is 0 Å². The van der Waals surface area contributed by atoms with Gasteiger partial charge in [0.1, 0.15) is 116 Å². The zero-order valence-corrected chi connectivity index (χ0v) is 43.3. The predicted octanol–water partition coefficient (Wildman–Crippen LogP) is -7.29. The highest BCUT2D eigenvalue weighted by Gasteiger charge is 2.70. The molecule has 0 aromatic rings. The van der Waals surface area contributed by atoms with Crippen molar-refractivity contribution in [2.24, 2.45) is 28.1 Å². The number of esters is 1. The van der Waals surface area contributed by atoms with Crippen molar-refractivity contribution >= 4 is 5.97 Å². The van der Waals surface area contributed by atoms with Crippen LogP contribution in [0.1, 0.15) is 71.6 Å². The molecule has 0 amide bonds. The number of ether oxygens (including phenoxy) is 10. The highest BCUT2D eigenvalue weighted by atomic mass is 16.8. The minimum Gasteiger partial charge on any atom is -0.432 e. The quantitative estimate of drug-likeness (QED) is 0.0411. The van der Waals surface area contributed by atoms with Gasteiger partial charge in [-0.15, -0.1) is 0 Å². The first kappa shape index (κ1) is 60.8. The zero-order chi connectivity index (χ0) is 56.7. The molecule has 5 aliphatic heterocycles. The van der Waals surface area contributed by atoms with Gasteiger partial charge < -0.3 is 134 Å². The van der Waals surface area contributed by atoms with Crippen LogP contribution in [-0.2, 0) is 52.2 Å². The van der Waals surface area contributed by atoms with E-state index in [0.29, 0.717) is 63.4 Å². The van der Waals surface area contributed by atoms with Crippen molar-refractivity contribution in [3.63, 3.8) is 0 Å². The minimum atomic E-state index is -1.99. The van der Waals surface area contributed by atoms with Crippen LogP contribution in [0, 0.1) is 28.1 Å². The van der Waals surface area contributed by atoms with Crippen LogP contribution in [-0.4, -0.2) is 285 Å². The Kier molecular flexibility index (Phi) is 18.2. The smallest absolute Gasteiger partial charge is 0.314 e. The van der Waals surface area contributed by atoms with E-state index in [1.54, 1.807) is 6.92 Å². The average molecular weight is 1130 g/mol. The number of carbonyl (C=O) groups excluding carboxylic acids is 1. The maximum atomic E-state index is 14.9. The molecule has 9 rings (SSSR count). The van der Waals surface area contributed by atoms with Gasteiger partial charge >= 0.3 is 5.97 Å². The third kappa shape index (κ3) is 10.3. The summed E-state index contributed by atoms with van der Waals surface area (Å²) in [5.74, 6) is -1.14. The van der Waals surface area contributed by atoms with E-state index in [4.69, 9.17) is 47.4 Å². The molecule has 448 valence electrons. The first-order valence-electron chi connectivity index (χ1n) is 26.9. The molecule has 0 radical (unpaired) electrons. The van der Waals surface area contributed by atoms with E-state index in [9.17, 15) is 91.6 Å². The monoisotopic (exact) mass is 1130 g/mol. The second kappa shape index (κ2) is 23.3. The van der Waals surface area contributed by atoms with Crippen molar-refractivity contribution in [1.82, 2.24) is 0 Å². The van der Waals surface area contributed by atoms with Gasteiger partial charge in [0.25, 0.3) is 0 Å². The van der Waals surface area contributed by atoms with E-state index >= 15 is 0 Å². The summed E-state index contributed by atoms with van der Waals surface area (Å²) >= 11 is 0. The molecule has 4 saturated carbocycles. The summed E-state index contributed by atoms with van der Waals surface area (Å²) < 4.78 is 60.3. The van der Waals surface area contributed by atoms with Crippen LogP contribution < -0.4 is 0 Å². The SMILES string of the molecule is C=C1CC23CC[C@@H]4[C@](C)(CCC[C@]4(C)C(=O)O[C@H]4O[C@@H](CO)[C@H](O)[C@@H](O)[C@@H]4O[C@H]4O[C@@H](CO)[C@H](O)[C@@H](O)[C@@H]4O)[C@H]2CC[C@@]1(O[C@H]1O[C@@H](CO)[C@H](O)[C@@H](O[C@H]2O[C@@H](CO)[C@H](O)[C@@H](O)[C@@H]2O)[C@@H]1O[C@H]1O[C@@H](CO)[C@H](O)[C@@H](O)[C@@H]1O)C3. The van der Waals surface area contributed by atoms with E-state index in [1.165, 1.54) is 0 Å². The Labute approximate surface area is 448 Å². The summed E-state index contributed by atoms with van der Waals surface area (Å²) in [6.07, 6.45) is -39.9. The Morgan fingerprint density at radius 2 is 0.910 bits per heavy atom. The Balaban J connectivity index is 0.968. The topological polar surface area (TPSA) is 453 Å². The van der Waals surface area contributed by atoms with Crippen molar-refractivity contribution in [2.45, 2.75) is 231 Å². The second-order valence-corrected chi connectivity index (χ2v) is 23.6. The molecule has 0 aromatic carbocycles. The van der Waals surface area contributed by atoms with Gasteiger partial charge in [-0.25, -0.2) is 0 Å². The van der Waals surface area contributed by atoms with Gasteiger partial charge in [-0.1, -0.05) is 19.9 Å². The number of carbonyl (C=O) groups is 1. The molecule has 0 aromatic heterocycles. The van der Waals surface area contributed by atoms with Gasteiger partial charge in [0.15, 0.2) is 31.3 Å². The summed E-state index contributed by atoms with van der Waals surface area (Å²) in [4.78, 5) is 14.9. The fourth-order valence-electron chi connectivity index (χ4n) is 15.0. The molecule has 78 heavy (non-hydrogen) atoms. The van der Waals surface area contributed by atoms with E-state index in [2.05, 4.69) is 13.5 Å². The standard InChI is InChI=1S/C50H80O28/c1-18-11-49-9-5-24-47(2,7-4-8-48(24,3)46(68)77-44-39(34(64)29(59)22(15-54)72-44)75-42-36(66)32(62)27(57)20(13-52)70-42)25(49)6-10-50(18,17-49)78-45-40(76-43-37(67)33(63)28(58)21(14-53)71-43)38(30(60)23(16-55)73-45)74-41-35(65)31(61)26(56)19(12-51)69-41/h19-45,51-67H,1,4-17H2,2-3H3/t19-,20-,21-,22-,23-,24+,25+,26-,27-,28-,29-,30-,31+,32+,33+,34+,35-,36-,37-,38+,39-,40-,41+,42+,43+,44+,45+,47-,48-,49?,50+/m0/s1. The number of aliphatic hydroxyl groups is 17. The minimum absolute atomic E-state index is 0.0705. The van der Waals surface area contributed by atoms with Crippen LogP contribution in [0.2, 0.25) is 0 Å². The largest absolute Gasteiger partial charge is 0.432 e. The molecule has 28 nitrogen and oxygen atoms in total. The van der Waals surface area contributed by atoms with E-state index in [-0.39, 0.29) is 11.8 Å². The fraction of sp³-hybridized carbons (Fsp3) is 0.940.